The molecule has 1 heterocycles. The quantitative estimate of drug-likeness (QED) is 0.731. The normalized spacial score (nSPS) is 19.2. The fraction of sp³-hybridized carbons (Fsp3) is 0.778. The van der Waals surface area contributed by atoms with Crippen LogP contribution in [0.5, 0.6) is 0 Å². The minimum atomic E-state index is 0.376. The van der Waals surface area contributed by atoms with Gasteiger partial charge in [0.2, 0.25) is 0 Å². The first-order valence-corrected chi connectivity index (χ1v) is 9.70. The lowest BCUT2D eigenvalue weighted by atomic mass is 9.82. The fourth-order valence-corrected chi connectivity index (χ4v) is 4.82. The second-order valence-corrected chi connectivity index (χ2v) is 7.11. The van der Waals surface area contributed by atoms with E-state index >= 15 is 0 Å². The molecule has 0 amide bonds. The van der Waals surface area contributed by atoms with Crippen molar-refractivity contribution in [1.29, 1.82) is 0 Å². The second kappa shape index (κ2) is 8.30. The lowest BCUT2D eigenvalue weighted by molar-refractivity contribution is 0.0630. The van der Waals surface area contributed by atoms with Gasteiger partial charge in [-0.1, -0.05) is 33.6 Å². The molecule has 21 heavy (non-hydrogen) atoms. The Kier molecular flexibility index (Phi) is 6.72. The average molecular weight is 309 g/mol. The molecule has 1 fully saturated rings. The molecule has 0 aliphatic heterocycles. The highest BCUT2D eigenvalue weighted by atomic mass is 32.1. The standard InChI is InChI=1S/C18H32N2S/c1-4-12-19-17(14-16-9-13-21-15-16)18(10-7-8-11-18)20(5-2)6-3/h9,13,15,17,19H,4-8,10-12,14H2,1-3H3. The van der Waals surface area contributed by atoms with E-state index in [1.165, 1.54) is 57.2 Å². The molecule has 0 spiro atoms. The summed E-state index contributed by atoms with van der Waals surface area (Å²) in [6, 6.07) is 2.89. The summed E-state index contributed by atoms with van der Waals surface area (Å²) in [5.41, 5.74) is 1.88. The number of hydrogen-bond donors (Lipinski definition) is 1. The zero-order chi connectivity index (χ0) is 15.1. The van der Waals surface area contributed by atoms with Crippen LogP contribution in [0.1, 0.15) is 58.4 Å². The van der Waals surface area contributed by atoms with Gasteiger partial charge in [0.15, 0.2) is 0 Å². The van der Waals surface area contributed by atoms with Gasteiger partial charge in [-0.25, -0.2) is 0 Å². The zero-order valence-electron chi connectivity index (χ0n) is 14.0. The van der Waals surface area contributed by atoms with Gasteiger partial charge in [0.25, 0.3) is 0 Å². The molecular weight excluding hydrogens is 276 g/mol. The maximum absolute atomic E-state index is 3.90. The van der Waals surface area contributed by atoms with Crippen molar-refractivity contribution in [1.82, 2.24) is 10.2 Å². The molecule has 1 aromatic heterocycles. The van der Waals surface area contributed by atoms with Crippen LogP contribution < -0.4 is 5.32 Å². The van der Waals surface area contributed by atoms with Crippen LogP contribution >= 0.6 is 11.3 Å². The van der Waals surface area contributed by atoms with Crippen LogP contribution in [0.3, 0.4) is 0 Å². The minimum absolute atomic E-state index is 0.376. The molecule has 1 saturated carbocycles. The van der Waals surface area contributed by atoms with E-state index in [0.29, 0.717) is 11.6 Å². The predicted octanol–water partition coefficient (Wildman–Crippen LogP) is 4.31. The SMILES string of the molecule is CCCNC(Cc1ccsc1)C1(N(CC)CC)CCCC1. The minimum Gasteiger partial charge on any atom is -0.312 e. The number of thiophene rings is 1. The molecule has 0 saturated heterocycles. The van der Waals surface area contributed by atoms with Crippen molar-refractivity contribution < 1.29 is 0 Å². The van der Waals surface area contributed by atoms with Crippen molar-refractivity contribution in [2.75, 3.05) is 19.6 Å². The highest BCUT2D eigenvalue weighted by Crippen LogP contribution is 2.39. The van der Waals surface area contributed by atoms with E-state index < -0.39 is 0 Å². The van der Waals surface area contributed by atoms with Crippen molar-refractivity contribution in [2.45, 2.75) is 70.9 Å². The third-order valence-corrected chi connectivity index (χ3v) is 5.90. The summed E-state index contributed by atoms with van der Waals surface area (Å²) in [5, 5.41) is 8.44. The van der Waals surface area contributed by atoms with Crippen molar-refractivity contribution in [3.8, 4) is 0 Å². The van der Waals surface area contributed by atoms with Crippen LogP contribution in [0, 0.1) is 0 Å². The van der Waals surface area contributed by atoms with E-state index in [0.717, 1.165) is 6.54 Å². The van der Waals surface area contributed by atoms with Crippen LogP contribution in [0.4, 0.5) is 0 Å². The third-order valence-electron chi connectivity index (χ3n) is 5.17. The van der Waals surface area contributed by atoms with Crippen LogP contribution in [0.25, 0.3) is 0 Å². The third kappa shape index (κ3) is 3.88. The Hall–Kier alpha value is -0.380. The number of nitrogens with zero attached hydrogens (tertiary/aromatic N) is 1. The zero-order valence-corrected chi connectivity index (χ0v) is 14.8. The summed E-state index contributed by atoms with van der Waals surface area (Å²) in [4.78, 5) is 2.74. The number of rotatable bonds is 9. The van der Waals surface area contributed by atoms with E-state index in [4.69, 9.17) is 0 Å². The molecule has 1 aliphatic carbocycles. The van der Waals surface area contributed by atoms with Gasteiger partial charge >= 0.3 is 0 Å². The van der Waals surface area contributed by atoms with Crippen LogP contribution in [0.15, 0.2) is 16.8 Å². The molecule has 0 bridgehead atoms. The van der Waals surface area contributed by atoms with Gasteiger partial charge in [-0.3, -0.25) is 4.90 Å². The fourth-order valence-electron chi connectivity index (χ4n) is 4.14. The van der Waals surface area contributed by atoms with Crippen molar-refractivity contribution in [3.05, 3.63) is 22.4 Å². The maximum atomic E-state index is 3.90. The first-order chi connectivity index (χ1) is 10.3. The predicted molar refractivity (Wildman–Crippen MR) is 94.2 cm³/mol. The van der Waals surface area contributed by atoms with E-state index in [-0.39, 0.29) is 0 Å². The Bertz CT molecular complexity index is 378. The largest absolute Gasteiger partial charge is 0.312 e. The molecule has 3 heteroatoms. The van der Waals surface area contributed by atoms with Gasteiger partial charge in [0.1, 0.15) is 0 Å². The van der Waals surface area contributed by atoms with Crippen LogP contribution in [0.2, 0.25) is 0 Å². The molecule has 1 aliphatic rings. The molecule has 1 aromatic rings. The lowest BCUT2D eigenvalue weighted by Gasteiger charge is -2.47. The van der Waals surface area contributed by atoms with Crippen molar-refractivity contribution in [3.63, 3.8) is 0 Å². The Balaban J connectivity index is 2.21. The second-order valence-electron chi connectivity index (χ2n) is 6.33. The Morgan fingerprint density at radius 2 is 1.95 bits per heavy atom. The molecule has 2 nitrogen and oxygen atoms in total. The highest BCUT2D eigenvalue weighted by Gasteiger charge is 2.44. The van der Waals surface area contributed by atoms with E-state index in [9.17, 15) is 0 Å². The first-order valence-electron chi connectivity index (χ1n) is 8.76. The van der Waals surface area contributed by atoms with E-state index in [2.05, 4.69) is 47.8 Å². The molecule has 120 valence electrons. The molecule has 1 atom stereocenters. The molecule has 0 radical (unpaired) electrons. The summed E-state index contributed by atoms with van der Waals surface area (Å²) in [6.45, 7) is 10.4. The summed E-state index contributed by atoms with van der Waals surface area (Å²) in [6.07, 6.45) is 7.91. The molecule has 1 N–H and O–H groups in total. The summed E-state index contributed by atoms with van der Waals surface area (Å²) in [5.74, 6) is 0. The van der Waals surface area contributed by atoms with Gasteiger partial charge in [0, 0.05) is 11.6 Å². The van der Waals surface area contributed by atoms with Gasteiger partial charge in [-0.2, -0.15) is 11.3 Å². The molecular formula is C18H32N2S. The topological polar surface area (TPSA) is 15.3 Å². The lowest BCUT2D eigenvalue weighted by Crippen LogP contribution is -2.60. The van der Waals surface area contributed by atoms with Crippen molar-refractivity contribution in [2.24, 2.45) is 0 Å². The van der Waals surface area contributed by atoms with Gasteiger partial charge in [-0.15, -0.1) is 0 Å². The van der Waals surface area contributed by atoms with E-state index in [1.807, 2.05) is 11.3 Å². The molecule has 0 aromatic carbocycles. The number of likely N-dealkylation sites (N-methyl/N-ethyl adjacent to an activating group) is 1. The summed E-state index contributed by atoms with van der Waals surface area (Å²) >= 11 is 1.83. The average Bonchev–Trinajstić information content (AvgIpc) is 3.17. The Morgan fingerprint density at radius 1 is 1.24 bits per heavy atom. The van der Waals surface area contributed by atoms with Crippen LogP contribution in [-0.2, 0) is 6.42 Å². The Morgan fingerprint density at radius 3 is 2.48 bits per heavy atom. The number of nitrogens with one attached hydrogen (secondary N) is 1. The van der Waals surface area contributed by atoms with Crippen LogP contribution in [-0.4, -0.2) is 36.1 Å². The molecule has 2 rings (SSSR count). The number of hydrogen-bond acceptors (Lipinski definition) is 3. The van der Waals surface area contributed by atoms with Gasteiger partial charge < -0.3 is 5.32 Å². The van der Waals surface area contributed by atoms with Gasteiger partial charge in [0.05, 0.1) is 0 Å². The Labute approximate surface area is 134 Å². The first kappa shape index (κ1) is 17.0. The molecule has 1 unspecified atom stereocenters. The highest BCUT2D eigenvalue weighted by molar-refractivity contribution is 7.07. The van der Waals surface area contributed by atoms with Crippen molar-refractivity contribution >= 4 is 11.3 Å². The summed E-state index contributed by atoms with van der Waals surface area (Å²) < 4.78 is 0. The van der Waals surface area contributed by atoms with E-state index in [1.54, 1.807) is 0 Å². The smallest absolute Gasteiger partial charge is 0.0365 e. The summed E-state index contributed by atoms with van der Waals surface area (Å²) in [7, 11) is 0. The van der Waals surface area contributed by atoms with Gasteiger partial charge in [-0.05, 0) is 67.7 Å². The monoisotopic (exact) mass is 308 g/mol. The maximum Gasteiger partial charge on any atom is 0.0365 e.